The van der Waals surface area contributed by atoms with Gasteiger partial charge in [0.15, 0.2) is 0 Å². The standard InChI is InChI=1S/C25H34FN3O5S/c1-18(2)27-25(31)19(3)28(17-20-11-6-7-12-21(20)26)24(30)15-10-16-29(35(5,32)33)22-13-8-9-14-23(22)34-4/h6-9,11-14,18-19H,10,15-17H2,1-5H3,(H,27,31)/t19-/m0/s1. The van der Waals surface area contributed by atoms with Crippen LogP contribution in [0.4, 0.5) is 10.1 Å². The van der Waals surface area contributed by atoms with E-state index in [4.69, 9.17) is 4.74 Å². The van der Waals surface area contributed by atoms with Gasteiger partial charge in [-0.25, -0.2) is 12.8 Å². The second-order valence-electron chi connectivity index (χ2n) is 8.56. The fraction of sp³-hybridized carbons (Fsp3) is 0.440. The molecular formula is C25H34FN3O5S. The first-order valence-corrected chi connectivity index (χ1v) is 13.2. The molecule has 1 atom stereocenters. The van der Waals surface area contributed by atoms with Gasteiger partial charge in [-0.3, -0.25) is 13.9 Å². The number of nitrogens with zero attached hydrogens (tertiary/aromatic N) is 2. The van der Waals surface area contributed by atoms with Gasteiger partial charge < -0.3 is 15.0 Å². The maximum absolute atomic E-state index is 14.3. The predicted octanol–water partition coefficient (Wildman–Crippen LogP) is 3.32. The minimum atomic E-state index is -3.65. The Morgan fingerprint density at radius 2 is 1.69 bits per heavy atom. The Morgan fingerprint density at radius 1 is 1.06 bits per heavy atom. The van der Waals surface area contributed by atoms with Crippen LogP contribution in [0.5, 0.6) is 5.75 Å². The van der Waals surface area contributed by atoms with Crippen molar-refractivity contribution in [2.24, 2.45) is 0 Å². The van der Waals surface area contributed by atoms with E-state index in [1.54, 1.807) is 49.4 Å². The van der Waals surface area contributed by atoms with Crippen LogP contribution in [0, 0.1) is 5.82 Å². The van der Waals surface area contributed by atoms with Gasteiger partial charge in [-0.15, -0.1) is 0 Å². The van der Waals surface area contributed by atoms with E-state index in [1.807, 2.05) is 13.8 Å². The van der Waals surface area contributed by atoms with E-state index in [-0.39, 0.29) is 49.4 Å². The molecule has 0 fully saturated rings. The Bertz CT molecular complexity index is 1120. The predicted molar refractivity (Wildman–Crippen MR) is 134 cm³/mol. The van der Waals surface area contributed by atoms with E-state index in [9.17, 15) is 22.4 Å². The van der Waals surface area contributed by atoms with Gasteiger partial charge in [-0.2, -0.15) is 0 Å². The van der Waals surface area contributed by atoms with Crippen LogP contribution < -0.4 is 14.4 Å². The van der Waals surface area contributed by atoms with Gasteiger partial charge in [-0.05, 0) is 45.4 Å². The first-order chi connectivity index (χ1) is 16.5. The third-order valence-corrected chi connectivity index (χ3v) is 6.58. The summed E-state index contributed by atoms with van der Waals surface area (Å²) in [5, 5.41) is 2.78. The summed E-state index contributed by atoms with van der Waals surface area (Å²) in [6.45, 7) is 5.16. The lowest BCUT2D eigenvalue weighted by molar-refractivity contribution is -0.140. The van der Waals surface area contributed by atoms with Crippen LogP contribution in [0.25, 0.3) is 0 Å². The Balaban J connectivity index is 2.21. The lowest BCUT2D eigenvalue weighted by Crippen LogP contribution is -2.49. The number of ether oxygens (including phenoxy) is 1. The largest absolute Gasteiger partial charge is 0.495 e. The lowest BCUT2D eigenvalue weighted by atomic mass is 10.1. The summed E-state index contributed by atoms with van der Waals surface area (Å²) in [5.74, 6) is -0.810. The Kier molecular flexibility index (Phi) is 10.1. The highest BCUT2D eigenvalue weighted by atomic mass is 32.2. The van der Waals surface area contributed by atoms with Gasteiger partial charge in [0, 0.05) is 31.1 Å². The van der Waals surface area contributed by atoms with Gasteiger partial charge in [0.05, 0.1) is 19.1 Å². The second kappa shape index (κ2) is 12.5. The highest BCUT2D eigenvalue weighted by Crippen LogP contribution is 2.29. The Labute approximate surface area is 207 Å². The molecule has 0 heterocycles. The van der Waals surface area contributed by atoms with E-state index in [2.05, 4.69) is 5.32 Å². The number of para-hydroxylation sites is 2. The topological polar surface area (TPSA) is 96.0 Å². The number of sulfonamides is 1. The average Bonchev–Trinajstić information content (AvgIpc) is 2.79. The summed E-state index contributed by atoms with van der Waals surface area (Å²) >= 11 is 0. The molecule has 2 aromatic rings. The maximum Gasteiger partial charge on any atom is 0.242 e. The number of halogens is 1. The molecule has 0 radical (unpaired) electrons. The number of hydrogen-bond acceptors (Lipinski definition) is 5. The van der Waals surface area contributed by atoms with Crippen LogP contribution in [0.15, 0.2) is 48.5 Å². The molecule has 2 amide bonds. The van der Waals surface area contributed by atoms with E-state index in [0.717, 1.165) is 6.26 Å². The highest BCUT2D eigenvalue weighted by Gasteiger charge is 2.28. The monoisotopic (exact) mass is 507 g/mol. The zero-order valence-corrected chi connectivity index (χ0v) is 21.6. The summed E-state index contributed by atoms with van der Waals surface area (Å²) in [6.07, 6.45) is 1.25. The van der Waals surface area contributed by atoms with Gasteiger partial charge >= 0.3 is 0 Å². The Hall–Kier alpha value is -3.14. The quantitative estimate of drug-likeness (QED) is 0.476. The second-order valence-corrected chi connectivity index (χ2v) is 10.5. The van der Waals surface area contributed by atoms with Crippen molar-refractivity contribution in [1.82, 2.24) is 10.2 Å². The fourth-order valence-corrected chi connectivity index (χ4v) is 4.59. The van der Waals surface area contributed by atoms with Crippen LogP contribution in [-0.4, -0.2) is 57.1 Å². The van der Waals surface area contributed by atoms with Gasteiger partial charge in [0.2, 0.25) is 21.8 Å². The smallest absolute Gasteiger partial charge is 0.242 e. The molecule has 0 spiro atoms. The van der Waals surface area contributed by atoms with Crippen LogP contribution in [0.3, 0.4) is 0 Å². The number of carbonyl (C=O) groups is 2. The third-order valence-electron chi connectivity index (χ3n) is 5.40. The molecule has 10 heteroatoms. The SMILES string of the molecule is COc1ccccc1N(CCCC(=O)N(Cc1ccccc1F)[C@@H](C)C(=O)NC(C)C)S(C)(=O)=O. The number of benzene rings is 2. The molecule has 0 bridgehead atoms. The number of hydrogen-bond donors (Lipinski definition) is 1. The fourth-order valence-electron chi connectivity index (χ4n) is 3.62. The van der Waals surface area contributed by atoms with Gasteiger partial charge in [-0.1, -0.05) is 30.3 Å². The zero-order valence-electron chi connectivity index (χ0n) is 20.8. The zero-order chi connectivity index (χ0) is 26.2. The first-order valence-electron chi connectivity index (χ1n) is 11.4. The highest BCUT2D eigenvalue weighted by molar-refractivity contribution is 7.92. The third kappa shape index (κ3) is 7.95. The van der Waals surface area contributed by atoms with Crippen LogP contribution in [0.2, 0.25) is 0 Å². The molecule has 35 heavy (non-hydrogen) atoms. The maximum atomic E-state index is 14.3. The normalized spacial score (nSPS) is 12.2. The van der Waals surface area contributed by atoms with Crippen molar-refractivity contribution in [1.29, 1.82) is 0 Å². The van der Waals surface area contributed by atoms with Crippen molar-refractivity contribution in [2.75, 3.05) is 24.2 Å². The van der Waals surface area contributed by atoms with E-state index in [0.29, 0.717) is 11.4 Å². The number of methoxy groups -OCH3 is 1. The number of carbonyl (C=O) groups excluding carboxylic acids is 2. The first kappa shape index (κ1) is 28.1. The molecule has 0 aromatic heterocycles. The minimum Gasteiger partial charge on any atom is -0.495 e. The molecule has 1 N–H and O–H groups in total. The van der Waals surface area contributed by atoms with E-state index >= 15 is 0 Å². The van der Waals surface area contributed by atoms with Crippen molar-refractivity contribution >= 4 is 27.5 Å². The molecule has 2 rings (SSSR count). The van der Waals surface area contributed by atoms with Crippen molar-refractivity contribution in [3.63, 3.8) is 0 Å². The number of amides is 2. The molecule has 0 aliphatic rings. The molecule has 192 valence electrons. The van der Waals surface area contributed by atoms with E-state index < -0.39 is 21.9 Å². The summed E-state index contributed by atoms with van der Waals surface area (Å²) in [6, 6.07) is 11.8. The molecule has 2 aromatic carbocycles. The minimum absolute atomic E-state index is 0.0328. The van der Waals surface area contributed by atoms with Crippen molar-refractivity contribution < 1.29 is 27.1 Å². The molecule has 8 nitrogen and oxygen atoms in total. The summed E-state index contributed by atoms with van der Waals surface area (Å²) < 4.78 is 45.7. The van der Waals surface area contributed by atoms with Crippen molar-refractivity contribution in [3.8, 4) is 5.75 Å². The number of nitrogens with one attached hydrogen (secondary N) is 1. The molecular weight excluding hydrogens is 473 g/mol. The van der Waals surface area contributed by atoms with Crippen molar-refractivity contribution in [3.05, 3.63) is 59.9 Å². The van der Waals surface area contributed by atoms with Crippen LogP contribution in [0.1, 0.15) is 39.2 Å². The van der Waals surface area contributed by atoms with Crippen molar-refractivity contribution in [2.45, 2.75) is 52.2 Å². The Morgan fingerprint density at radius 3 is 2.29 bits per heavy atom. The van der Waals surface area contributed by atoms with Gasteiger partial charge in [0.25, 0.3) is 0 Å². The average molecular weight is 508 g/mol. The lowest BCUT2D eigenvalue weighted by Gasteiger charge is -2.30. The summed E-state index contributed by atoms with van der Waals surface area (Å²) in [4.78, 5) is 27.2. The summed E-state index contributed by atoms with van der Waals surface area (Å²) in [5.41, 5.74) is 0.662. The molecule has 0 saturated heterocycles. The van der Waals surface area contributed by atoms with E-state index in [1.165, 1.54) is 22.4 Å². The van der Waals surface area contributed by atoms with Crippen LogP contribution >= 0.6 is 0 Å². The van der Waals surface area contributed by atoms with Crippen LogP contribution in [-0.2, 0) is 26.2 Å². The number of rotatable bonds is 12. The molecule has 0 unspecified atom stereocenters. The number of anilines is 1. The van der Waals surface area contributed by atoms with Gasteiger partial charge in [0.1, 0.15) is 17.6 Å². The molecule has 0 aliphatic heterocycles. The summed E-state index contributed by atoms with van der Waals surface area (Å²) in [7, 11) is -2.20. The molecule has 0 saturated carbocycles. The molecule has 0 aliphatic carbocycles.